The van der Waals surface area contributed by atoms with Crippen LogP contribution in [0.15, 0.2) is 47.4 Å². The third-order valence-corrected chi connectivity index (χ3v) is 7.34. The van der Waals surface area contributed by atoms with Gasteiger partial charge in [-0.05, 0) is 35.7 Å². The Morgan fingerprint density at radius 2 is 1.93 bits per heavy atom. The second-order valence-electron chi connectivity index (χ2n) is 7.20. The molecule has 0 aliphatic carbocycles. The van der Waals surface area contributed by atoms with Crippen LogP contribution in [0.2, 0.25) is 5.02 Å². The molecular formula is C21H25ClN2O4S. The van der Waals surface area contributed by atoms with Crippen LogP contribution in [-0.2, 0) is 14.8 Å². The number of carbonyl (C=O) groups is 1. The number of carboxylic acid groups (broad SMARTS) is 1. The number of nitrogens with one attached hydrogen (secondary N) is 1. The number of sulfonamides is 1. The lowest BCUT2D eigenvalue weighted by atomic mass is 9.95. The van der Waals surface area contributed by atoms with E-state index in [1.165, 1.54) is 17.4 Å². The van der Waals surface area contributed by atoms with Gasteiger partial charge in [-0.25, -0.2) is 8.42 Å². The SMILES string of the molecule is CCCCCC(NC1c2ccccc2N(C)S(=O)(=O)c2cc(Cl)ccc21)C(=O)O. The maximum Gasteiger partial charge on any atom is 0.320 e. The van der Waals surface area contributed by atoms with Crippen molar-refractivity contribution in [1.82, 2.24) is 5.32 Å². The number of hydrogen-bond acceptors (Lipinski definition) is 4. The highest BCUT2D eigenvalue weighted by Gasteiger charge is 2.36. The topological polar surface area (TPSA) is 86.7 Å². The second kappa shape index (κ2) is 8.73. The van der Waals surface area contributed by atoms with Crippen molar-refractivity contribution in [1.29, 1.82) is 0 Å². The predicted molar refractivity (Wildman–Crippen MR) is 114 cm³/mol. The minimum absolute atomic E-state index is 0.0823. The van der Waals surface area contributed by atoms with Crippen molar-refractivity contribution in [2.75, 3.05) is 11.4 Å². The molecule has 0 bridgehead atoms. The fourth-order valence-corrected chi connectivity index (χ4v) is 5.41. The molecule has 0 aromatic heterocycles. The molecule has 2 unspecified atom stereocenters. The average Bonchev–Trinajstić information content (AvgIpc) is 2.75. The van der Waals surface area contributed by atoms with Gasteiger partial charge in [-0.2, -0.15) is 0 Å². The van der Waals surface area contributed by atoms with E-state index in [0.717, 1.165) is 19.3 Å². The van der Waals surface area contributed by atoms with Crippen molar-refractivity contribution in [3.63, 3.8) is 0 Å². The third-order valence-electron chi connectivity index (χ3n) is 5.27. The van der Waals surface area contributed by atoms with Crippen molar-refractivity contribution < 1.29 is 18.3 Å². The lowest BCUT2D eigenvalue weighted by Crippen LogP contribution is -2.39. The molecule has 0 amide bonds. The highest BCUT2D eigenvalue weighted by Crippen LogP contribution is 2.41. The van der Waals surface area contributed by atoms with Crippen molar-refractivity contribution in [2.24, 2.45) is 0 Å². The molecule has 2 aromatic carbocycles. The normalized spacial score (nSPS) is 18.4. The standard InChI is InChI=1S/C21H25ClN2O4S/c1-3-4-5-9-17(21(25)26)23-20-15-8-6-7-10-18(15)24(2)29(27,28)19-13-14(22)11-12-16(19)20/h6-8,10-13,17,20,23H,3-5,9H2,1-2H3,(H,25,26). The van der Waals surface area contributed by atoms with E-state index in [9.17, 15) is 18.3 Å². The van der Waals surface area contributed by atoms with Crippen LogP contribution in [0.25, 0.3) is 0 Å². The Balaban J connectivity index is 2.15. The Labute approximate surface area is 176 Å². The highest BCUT2D eigenvalue weighted by atomic mass is 35.5. The molecule has 2 N–H and O–H groups in total. The Hall–Kier alpha value is -2.09. The molecule has 0 spiro atoms. The monoisotopic (exact) mass is 436 g/mol. The summed E-state index contributed by atoms with van der Waals surface area (Å²) in [4.78, 5) is 12.0. The van der Waals surface area contributed by atoms with E-state index >= 15 is 0 Å². The van der Waals surface area contributed by atoms with Gasteiger partial charge in [-0.3, -0.25) is 14.4 Å². The number of para-hydroxylation sites is 1. The van der Waals surface area contributed by atoms with E-state index in [-0.39, 0.29) is 4.90 Å². The van der Waals surface area contributed by atoms with Crippen molar-refractivity contribution in [3.8, 4) is 0 Å². The zero-order valence-electron chi connectivity index (χ0n) is 16.4. The van der Waals surface area contributed by atoms with Crippen LogP contribution in [0.1, 0.15) is 49.8 Å². The number of aliphatic carboxylic acids is 1. The zero-order chi connectivity index (χ0) is 21.2. The molecule has 156 valence electrons. The van der Waals surface area contributed by atoms with Gasteiger partial charge in [0.15, 0.2) is 0 Å². The minimum atomic E-state index is -3.84. The van der Waals surface area contributed by atoms with Crippen LogP contribution in [0.3, 0.4) is 0 Å². The van der Waals surface area contributed by atoms with Crippen molar-refractivity contribution >= 4 is 33.3 Å². The lowest BCUT2D eigenvalue weighted by Gasteiger charge is -2.25. The quantitative estimate of drug-likeness (QED) is 0.635. The molecule has 2 aromatic rings. The number of fused-ring (bicyclic) bond motifs is 2. The first-order chi connectivity index (χ1) is 13.8. The van der Waals surface area contributed by atoms with E-state index in [1.807, 2.05) is 12.1 Å². The van der Waals surface area contributed by atoms with Crippen LogP contribution in [0.5, 0.6) is 0 Å². The van der Waals surface area contributed by atoms with Gasteiger partial charge in [0.05, 0.1) is 16.6 Å². The summed E-state index contributed by atoms with van der Waals surface area (Å²) in [6.45, 7) is 2.06. The molecule has 1 heterocycles. The number of rotatable bonds is 7. The maximum absolute atomic E-state index is 13.2. The summed E-state index contributed by atoms with van der Waals surface area (Å²) in [7, 11) is -2.34. The summed E-state index contributed by atoms with van der Waals surface area (Å²) in [6, 6.07) is 10.5. The van der Waals surface area contributed by atoms with Crippen LogP contribution >= 0.6 is 11.6 Å². The molecule has 1 aliphatic heterocycles. The first-order valence-corrected chi connectivity index (χ1v) is 11.4. The first-order valence-electron chi connectivity index (χ1n) is 9.63. The van der Waals surface area contributed by atoms with Crippen molar-refractivity contribution in [3.05, 3.63) is 58.6 Å². The summed E-state index contributed by atoms with van der Waals surface area (Å²) >= 11 is 6.11. The number of unbranched alkanes of at least 4 members (excludes halogenated alkanes) is 2. The van der Waals surface area contributed by atoms with Crippen LogP contribution in [0.4, 0.5) is 5.69 Å². The largest absolute Gasteiger partial charge is 0.480 e. The van der Waals surface area contributed by atoms with Crippen LogP contribution < -0.4 is 9.62 Å². The van der Waals surface area contributed by atoms with Gasteiger partial charge in [0.2, 0.25) is 0 Å². The molecule has 29 heavy (non-hydrogen) atoms. The highest BCUT2D eigenvalue weighted by molar-refractivity contribution is 7.92. The van der Waals surface area contributed by atoms with E-state index < -0.39 is 28.1 Å². The molecule has 6 nitrogen and oxygen atoms in total. The van der Waals surface area contributed by atoms with Gasteiger partial charge in [-0.15, -0.1) is 0 Å². The Morgan fingerprint density at radius 3 is 2.62 bits per heavy atom. The summed E-state index contributed by atoms with van der Waals surface area (Å²) < 4.78 is 27.7. The molecule has 3 rings (SSSR count). The molecule has 1 aliphatic rings. The third kappa shape index (κ3) is 4.27. The first kappa shape index (κ1) is 21.6. The molecule has 0 saturated heterocycles. The number of nitrogens with zero attached hydrogens (tertiary/aromatic N) is 1. The molecule has 0 saturated carbocycles. The number of hydrogen-bond donors (Lipinski definition) is 2. The molecule has 0 radical (unpaired) electrons. The molecule has 2 atom stereocenters. The van der Waals surface area contributed by atoms with Gasteiger partial charge in [-0.1, -0.05) is 62.1 Å². The average molecular weight is 437 g/mol. The minimum Gasteiger partial charge on any atom is -0.480 e. The van der Waals surface area contributed by atoms with Crippen LogP contribution in [-0.4, -0.2) is 32.6 Å². The lowest BCUT2D eigenvalue weighted by molar-refractivity contribution is -0.139. The number of halogens is 1. The van der Waals surface area contributed by atoms with E-state index in [4.69, 9.17) is 11.6 Å². The summed E-state index contributed by atoms with van der Waals surface area (Å²) in [5.74, 6) is -0.949. The predicted octanol–water partition coefficient (Wildman–Crippen LogP) is 4.19. The second-order valence-corrected chi connectivity index (χ2v) is 9.57. The fraction of sp³-hybridized carbons (Fsp3) is 0.381. The van der Waals surface area contributed by atoms with Gasteiger partial charge in [0, 0.05) is 12.1 Å². The Bertz CT molecular complexity index is 1010. The van der Waals surface area contributed by atoms with Crippen LogP contribution in [0, 0.1) is 0 Å². The maximum atomic E-state index is 13.2. The van der Waals surface area contributed by atoms with E-state index in [2.05, 4.69) is 12.2 Å². The van der Waals surface area contributed by atoms with E-state index in [1.54, 1.807) is 24.3 Å². The summed E-state index contributed by atoms with van der Waals surface area (Å²) in [5, 5.41) is 13.3. The van der Waals surface area contributed by atoms with Crippen molar-refractivity contribution in [2.45, 2.75) is 49.6 Å². The number of benzene rings is 2. The fourth-order valence-electron chi connectivity index (χ4n) is 3.69. The van der Waals surface area contributed by atoms with Gasteiger partial charge < -0.3 is 5.11 Å². The zero-order valence-corrected chi connectivity index (χ0v) is 18.0. The molecule has 0 fully saturated rings. The van der Waals surface area contributed by atoms with Gasteiger partial charge in [0.25, 0.3) is 10.0 Å². The smallest absolute Gasteiger partial charge is 0.320 e. The molecular weight excluding hydrogens is 412 g/mol. The number of anilines is 1. The Kier molecular flexibility index (Phi) is 6.51. The van der Waals surface area contributed by atoms with E-state index in [0.29, 0.717) is 28.3 Å². The van der Waals surface area contributed by atoms with Gasteiger partial charge >= 0.3 is 5.97 Å². The van der Waals surface area contributed by atoms with Gasteiger partial charge in [0.1, 0.15) is 6.04 Å². The Morgan fingerprint density at radius 1 is 1.21 bits per heavy atom. The summed E-state index contributed by atoms with van der Waals surface area (Å²) in [5.41, 5.74) is 1.71. The number of carboxylic acids is 1. The molecule has 8 heteroatoms. The summed E-state index contributed by atoms with van der Waals surface area (Å²) in [6.07, 6.45) is 3.17.